The average molecular weight is 290 g/mol. The van der Waals surface area contributed by atoms with E-state index in [2.05, 4.69) is 35.8 Å². The van der Waals surface area contributed by atoms with Gasteiger partial charge in [0, 0.05) is 26.1 Å². The van der Waals surface area contributed by atoms with Crippen molar-refractivity contribution in [2.24, 2.45) is 11.8 Å². The summed E-state index contributed by atoms with van der Waals surface area (Å²) in [6, 6.07) is 0. The first-order valence-corrected chi connectivity index (χ1v) is 6.87. The summed E-state index contributed by atoms with van der Waals surface area (Å²) in [4.78, 5) is 22.5. The van der Waals surface area contributed by atoms with Crippen molar-refractivity contribution in [1.82, 2.24) is 25.5 Å². The van der Waals surface area contributed by atoms with Crippen molar-refractivity contribution in [3.63, 3.8) is 0 Å². The number of rotatable bonds is 3. The summed E-state index contributed by atoms with van der Waals surface area (Å²) in [6.07, 6.45) is 3.30. The fourth-order valence-electron chi connectivity index (χ4n) is 2.68. The SMILES string of the molecule is CNC(=O)C1CCN(c2nc(NN)nc3[nH]ncc23)CC1. The molecule has 0 unspecified atom stereocenters. The van der Waals surface area contributed by atoms with Crippen LogP contribution < -0.4 is 21.5 Å². The molecule has 1 saturated heterocycles. The summed E-state index contributed by atoms with van der Waals surface area (Å²) in [6.45, 7) is 1.53. The van der Waals surface area contributed by atoms with E-state index in [4.69, 9.17) is 5.84 Å². The number of carbonyl (C=O) groups excluding carboxylic acids is 1. The van der Waals surface area contributed by atoms with Crippen molar-refractivity contribution in [2.45, 2.75) is 12.8 Å². The lowest BCUT2D eigenvalue weighted by Gasteiger charge is -2.32. The van der Waals surface area contributed by atoms with Gasteiger partial charge in [0.25, 0.3) is 0 Å². The van der Waals surface area contributed by atoms with Gasteiger partial charge in [-0.25, -0.2) is 5.84 Å². The molecule has 1 amide bonds. The fraction of sp³-hybridized carbons (Fsp3) is 0.500. The predicted molar refractivity (Wildman–Crippen MR) is 78.5 cm³/mol. The van der Waals surface area contributed by atoms with Crippen molar-refractivity contribution in [3.05, 3.63) is 6.20 Å². The van der Waals surface area contributed by atoms with Crippen LogP contribution in [0.2, 0.25) is 0 Å². The standard InChI is InChI=1S/C12H18N8O/c1-14-11(21)7-2-4-20(5-3-7)10-8-6-15-19-9(8)16-12(17-10)18-13/h6-7H,2-5,13H2,1H3,(H,14,21)(H2,15,16,17,18,19). The average Bonchev–Trinajstić information content (AvgIpc) is 3.01. The maximum absolute atomic E-state index is 11.7. The minimum atomic E-state index is 0.0695. The molecule has 0 aliphatic carbocycles. The van der Waals surface area contributed by atoms with Gasteiger partial charge < -0.3 is 10.2 Å². The number of H-pyrrole nitrogens is 1. The van der Waals surface area contributed by atoms with E-state index in [1.165, 1.54) is 0 Å². The number of nitrogens with two attached hydrogens (primary N) is 1. The molecule has 1 fully saturated rings. The minimum absolute atomic E-state index is 0.0695. The number of anilines is 2. The highest BCUT2D eigenvalue weighted by atomic mass is 16.1. The van der Waals surface area contributed by atoms with Crippen molar-refractivity contribution in [2.75, 3.05) is 30.5 Å². The van der Waals surface area contributed by atoms with Crippen molar-refractivity contribution < 1.29 is 4.79 Å². The van der Waals surface area contributed by atoms with E-state index in [1.807, 2.05) is 0 Å². The number of hydrogen-bond donors (Lipinski definition) is 4. The molecule has 0 bridgehead atoms. The number of aromatic amines is 1. The molecule has 2 aromatic heterocycles. The molecule has 0 saturated carbocycles. The topological polar surface area (TPSA) is 125 Å². The van der Waals surface area contributed by atoms with E-state index in [0.717, 1.165) is 37.1 Å². The summed E-state index contributed by atoms with van der Waals surface area (Å²) >= 11 is 0. The second kappa shape index (κ2) is 5.52. The third-order valence-electron chi connectivity index (χ3n) is 3.83. The van der Waals surface area contributed by atoms with Crippen LogP contribution in [0.5, 0.6) is 0 Å². The molecule has 21 heavy (non-hydrogen) atoms. The molecular formula is C12H18N8O. The number of aromatic nitrogens is 4. The largest absolute Gasteiger partial charge is 0.359 e. The van der Waals surface area contributed by atoms with Crippen LogP contribution in [-0.4, -0.2) is 46.2 Å². The molecule has 3 heterocycles. The van der Waals surface area contributed by atoms with E-state index in [-0.39, 0.29) is 11.8 Å². The number of nitrogens with one attached hydrogen (secondary N) is 3. The summed E-state index contributed by atoms with van der Waals surface area (Å²) < 4.78 is 0. The molecule has 5 N–H and O–H groups in total. The van der Waals surface area contributed by atoms with Gasteiger partial charge in [-0.15, -0.1) is 0 Å². The Morgan fingerprint density at radius 1 is 1.43 bits per heavy atom. The highest BCUT2D eigenvalue weighted by molar-refractivity contribution is 5.87. The monoisotopic (exact) mass is 290 g/mol. The summed E-state index contributed by atoms with van der Waals surface area (Å²) in [5.74, 6) is 6.71. The van der Waals surface area contributed by atoms with E-state index < -0.39 is 0 Å². The number of carbonyl (C=O) groups is 1. The number of nitrogens with zero attached hydrogens (tertiary/aromatic N) is 4. The van der Waals surface area contributed by atoms with E-state index in [9.17, 15) is 4.79 Å². The molecule has 0 radical (unpaired) electrons. The lowest BCUT2D eigenvalue weighted by molar-refractivity contribution is -0.125. The molecule has 9 nitrogen and oxygen atoms in total. The van der Waals surface area contributed by atoms with Crippen molar-refractivity contribution >= 4 is 28.7 Å². The van der Waals surface area contributed by atoms with Crippen molar-refractivity contribution in [1.29, 1.82) is 0 Å². The van der Waals surface area contributed by atoms with Gasteiger partial charge in [0.05, 0.1) is 11.6 Å². The van der Waals surface area contributed by atoms with Gasteiger partial charge in [-0.05, 0) is 12.8 Å². The quantitative estimate of drug-likeness (QED) is 0.448. The van der Waals surface area contributed by atoms with Gasteiger partial charge in [-0.3, -0.25) is 15.3 Å². The normalized spacial score (nSPS) is 16.2. The Hall–Kier alpha value is -2.42. The van der Waals surface area contributed by atoms with E-state index in [0.29, 0.717) is 11.6 Å². The Morgan fingerprint density at radius 3 is 2.86 bits per heavy atom. The first-order valence-electron chi connectivity index (χ1n) is 6.87. The zero-order valence-corrected chi connectivity index (χ0v) is 11.8. The minimum Gasteiger partial charge on any atom is -0.359 e. The lowest BCUT2D eigenvalue weighted by atomic mass is 9.96. The Kier molecular flexibility index (Phi) is 3.57. The Labute approximate surface area is 121 Å². The Balaban J connectivity index is 1.85. The Morgan fingerprint density at radius 2 is 2.19 bits per heavy atom. The number of hydrogen-bond acceptors (Lipinski definition) is 7. The summed E-state index contributed by atoms with van der Waals surface area (Å²) in [5, 5.41) is 10.4. The number of nitrogen functional groups attached to an aromatic ring is 1. The van der Waals surface area contributed by atoms with E-state index >= 15 is 0 Å². The van der Waals surface area contributed by atoms with Crippen LogP contribution in [0.4, 0.5) is 11.8 Å². The Bertz CT molecular complexity index is 646. The number of piperidine rings is 1. The lowest BCUT2D eigenvalue weighted by Crippen LogP contribution is -2.40. The molecule has 2 aromatic rings. The molecule has 0 spiro atoms. The number of hydrazine groups is 1. The molecule has 1 aliphatic heterocycles. The molecule has 9 heteroatoms. The smallest absolute Gasteiger partial charge is 0.241 e. The van der Waals surface area contributed by atoms with Crippen LogP contribution in [0.3, 0.4) is 0 Å². The highest BCUT2D eigenvalue weighted by Crippen LogP contribution is 2.28. The van der Waals surface area contributed by atoms with Crippen LogP contribution in [0.15, 0.2) is 6.20 Å². The van der Waals surface area contributed by atoms with Crippen LogP contribution >= 0.6 is 0 Å². The van der Waals surface area contributed by atoms with Crippen LogP contribution in [0.25, 0.3) is 11.0 Å². The summed E-state index contributed by atoms with van der Waals surface area (Å²) in [5.41, 5.74) is 3.10. The first-order chi connectivity index (χ1) is 10.2. The number of amides is 1. The van der Waals surface area contributed by atoms with Gasteiger partial charge in [0.15, 0.2) is 5.65 Å². The van der Waals surface area contributed by atoms with Crippen molar-refractivity contribution in [3.8, 4) is 0 Å². The van der Waals surface area contributed by atoms with Gasteiger partial charge in [-0.2, -0.15) is 15.1 Å². The third-order valence-corrected chi connectivity index (χ3v) is 3.83. The van der Waals surface area contributed by atoms with Crippen LogP contribution in [-0.2, 0) is 4.79 Å². The predicted octanol–water partition coefficient (Wildman–Crippen LogP) is -0.399. The molecule has 112 valence electrons. The van der Waals surface area contributed by atoms with Gasteiger partial charge in [0.1, 0.15) is 5.82 Å². The van der Waals surface area contributed by atoms with E-state index in [1.54, 1.807) is 13.2 Å². The third kappa shape index (κ3) is 2.47. The van der Waals surface area contributed by atoms with Gasteiger partial charge >= 0.3 is 0 Å². The fourth-order valence-corrected chi connectivity index (χ4v) is 2.68. The zero-order valence-electron chi connectivity index (χ0n) is 11.8. The van der Waals surface area contributed by atoms with Gasteiger partial charge in [-0.1, -0.05) is 0 Å². The van der Waals surface area contributed by atoms with Crippen LogP contribution in [0.1, 0.15) is 12.8 Å². The highest BCUT2D eigenvalue weighted by Gasteiger charge is 2.26. The molecular weight excluding hydrogens is 272 g/mol. The second-order valence-electron chi connectivity index (χ2n) is 5.02. The molecule has 0 aromatic carbocycles. The maximum atomic E-state index is 11.7. The second-order valence-corrected chi connectivity index (χ2v) is 5.02. The molecule has 0 atom stereocenters. The summed E-state index contributed by atoms with van der Waals surface area (Å²) in [7, 11) is 1.67. The zero-order chi connectivity index (χ0) is 14.8. The first kappa shape index (κ1) is 13.6. The molecule has 3 rings (SSSR count). The number of fused-ring (bicyclic) bond motifs is 1. The van der Waals surface area contributed by atoms with Gasteiger partial charge in [0.2, 0.25) is 11.9 Å². The van der Waals surface area contributed by atoms with Crippen LogP contribution in [0, 0.1) is 5.92 Å². The maximum Gasteiger partial charge on any atom is 0.241 e. The molecule has 1 aliphatic rings.